The van der Waals surface area contributed by atoms with Gasteiger partial charge in [0.15, 0.2) is 0 Å². The van der Waals surface area contributed by atoms with E-state index in [1.54, 1.807) is 7.11 Å². The van der Waals surface area contributed by atoms with Crippen molar-refractivity contribution >= 4 is 11.5 Å². The van der Waals surface area contributed by atoms with Crippen molar-refractivity contribution in [3.63, 3.8) is 0 Å². The third-order valence-corrected chi connectivity index (χ3v) is 2.89. The lowest BCUT2D eigenvalue weighted by molar-refractivity contribution is 0.415. The Hall–Kier alpha value is -2.27. The monoisotopic (exact) mass is 258 g/mol. The standard InChI is InChI=1S/C14H18N4O/c1-18(12-4-3-5-13(8-12)19-2)10-11-6-7-14(17-15)16-9-11/h3-9H,10,15H2,1-2H3,(H,16,17). The maximum Gasteiger partial charge on any atom is 0.139 e. The molecule has 2 rings (SSSR count). The summed E-state index contributed by atoms with van der Waals surface area (Å²) in [6, 6.07) is 11.8. The smallest absolute Gasteiger partial charge is 0.139 e. The molecule has 0 atom stereocenters. The summed E-state index contributed by atoms with van der Waals surface area (Å²) in [5, 5.41) is 0. The summed E-state index contributed by atoms with van der Waals surface area (Å²) < 4.78 is 5.22. The van der Waals surface area contributed by atoms with Gasteiger partial charge in [0.25, 0.3) is 0 Å². The molecule has 1 heterocycles. The van der Waals surface area contributed by atoms with Crippen LogP contribution < -0.4 is 20.9 Å². The van der Waals surface area contributed by atoms with E-state index in [9.17, 15) is 0 Å². The summed E-state index contributed by atoms with van der Waals surface area (Å²) in [4.78, 5) is 6.32. The molecule has 5 heteroatoms. The molecule has 100 valence electrons. The number of pyridine rings is 1. The number of nitrogens with one attached hydrogen (secondary N) is 1. The van der Waals surface area contributed by atoms with E-state index in [0.29, 0.717) is 5.82 Å². The van der Waals surface area contributed by atoms with Gasteiger partial charge in [-0.2, -0.15) is 0 Å². The van der Waals surface area contributed by atoms with Crippen LogP contribution in [0, 0.1) is 0 Å². The highest BCUT2D eigenvalue weighted by molar-refractivity contribution is 5.50. The largest absolute Gasteiger partial charge is 0.497 e. The quantitative estimate of drug-likeness (QED) is 0.634. The Labute approximate surface area is 113 Å². The summed E-state index contributed by atoms with van der Waals surface area (Å²) in [5.74, 6) is 6.80. The lowest BCUT2D eigenvalue weighted by atomic mass is 10.2. The highest BCUT2D eigenvalue weighted by Crippen LogP contribution is 2.21. The molecule has 0 aliphatic heterocycles. The fourth-order valence-electron chi connectivity index (χ4n) is 1.82. The number of hydrogen-bond acceptors (Lipinski definition) is 5. The molecule has 0 unspecified atom stereocenters. The molecule has 1 aromatic heterocycles. The van der Waals surface area contributed by atoms with E-state index in [-0.39, 0.29) is 0 Å². The van der Waals surface area contributed by atoms with Crippen LogP contribution in [-0.2, 0) is 6.54 Å². The van der Waals surface area contributed by atoms with Crippen molar-refractivity contribution in [2.24, 2.45) is 5.84 Å². The van der Waals surface area contributed by atoms with Gasteiger partial charge in [-0.05, 0) is 23.8 Å². The van der Waals surface area contributed by atoms with Crippen molar-refractivity contribution < 1.29 is 4.74 Å². The molecule has 0 aliphatic rings. The van der Waals surface area contributed by atoms with Gasteiger partial charge in [0.1, 0.15) is 11.6 Å². The maximum atomic E-state index is 5.29. The number of rotatable bonds is 5. The van der Waals surface area contributed by atoms with E-state index in [2.05, 4.69) is 15.3 Å². The van der Waals surface area contributed by atoms with Gasteiger partial charge in [-0.25, -0.2) is 10.8 Å². The normalized spacial score (nSPS) is 10.1. The zero-order valence-electron chi connectivity index (χ0n) is 11.1. The SMILES string of the molecule is COc1cccc(N(C)Cc2ccc(NN)nc2)c1. The predicted octanol–water partition coefficient (Wildman–Crippen LogP) is 2.01. The first kappa shape index (κ1) is 13.2. The Morgan fingerprint density at radius 3 is 2.79 bits per heavy atom. The number of nitrogens with zero attached hydrogens (tertiary/aromatic N) is 2. The molecular formula is C14H18N4O. The van der Waals surface area contributed by atoms with Crippen molar-refractivity contribution in [2.75, 3.05) is 24.5 Å². The molecule has 0 fully saturated rings. The van der Waals surface area contributed by atoms with Gasteiger partial charge >= 0.3 is 0 Å². The minimum absolute atomic E-state index is 0.660. The van der Waals surface area contributed by atoms with Gasteiger partial charge in [-0.3, -0.25) is 0 Å². The minimum Gasteiger partial charge on any atom is -0.497 e. The predicted molar refractivity (Wildman–Crippen MR) is 77.1 cm³/mol. The van der Waals surface area contributed by atoms with Gasteiger partial charge in [0, 0.05) is 31.5 Å². The summed E-state index contributed by atoms with van der Waals surface area (Å²) in [7, 11) is 3.70. The number of ether oxygens (including phenoxy) is 1. The number of aromatic nitrogens is 1. The van der Waals surface area contributed by atoms with Crippen LogP contribution >= 0.6 is 0 Å². The van der Waals surface area contributed by atoms with Gasteiger partial charge in [-0.1, -0.05) is 12.1 Å². The molecule has 0 spiro atoms. The molecule has 0 amide bonds. The fourth-order valence-corrected chi connectivity index (χ4v) is 1.82. The first-order chi connectivity index (χ1) is 9.22. The van der Waals surface area contributed by atoms with Crippen molar-refractivity contribution in [1.29, 1.82) is 0 Å². The Morgan fingerprint density at radius 2 is 2.16 bits per heavy atom. The number of nitrogens with two attached hydrogens (primary N) is 1. The average Bonchev–Trinajstić information content (AvgIpc) is 2.48. The van der Waals surface area contributed by atoms with Gasteiger partial charge < -0.3 is 15.1 Å². The molecule has 0 bridgehead atoms. The number of methoxy groups -OCH3 is 1. The Bertz CT molecular complexity index is 527. The van der Waals surface area contributed by atoms with Crippen LogP contribution in [0.25, 0.3) is 0 Å². The van der Waals surface area contributed by atoms with Crippen LogP contribution in [0.3, 0.4) is 0 Å². The van der Waals surface area contributed by atoms with Gasteiger partial charge in [0.05, 0.1) is 7.11 Å². The summed E-state index contributed by atoms with van der Waals surface area (Å²) >= 11 is 0. The highest BCUT2D eigenvalue weighted by Gasteiger charge is 2.04. The number of anilines is 2. The second kappa shape index (κ2) is 6.06. The molecule has 5 nitrogen and oxygen atoms in total. The van der Waals surface area contributed by atoms with E-state index in [1.807, 2.05) is 49.6 Å². The minimum atomic E-state index is 0.660. The molecule has 1 aromatic carbocycles. The van der Waals surface area contributed by atoms with Gasteiger partial charge in [-0.15, -0.1) is 0 Å². The van der Waals surface area contributed by atoms with Crippen molar-refractivity contribution in [2.45, 2.75) is 6.54 Å². The average molecular weight is 258 g/mol. The van der Waals surface area contributed by atoms with E-state index in [1.165, 1.54) is 0 Å². The highest BCUT2D eigenvalue weighted by atomic mass is 16.5. The molecule has 0 saturated carbocycles. The first-order valence-corrected chi connectivity index (χ1v) is 5.99. The van der Waals surface area contributed by atoms with E-state index in [0.717, 1.165) is 23.5 Å². The molecule has 3 N–H and O–H groups in total. The van der Waals surface area contributed by atoms with Crippen LogP contribution in [0.2, 0.25) is 0 Å². The fraction of sp³-hybridized carbons (Fsp3) is 0.214. The van der Waals surface area contributed by atoms with E-state index >= 15 is 0 Å². The van der Waals surface area contributed by atoms with Crippen LogP contribution in [0.4, 0.5) is 11.5 Å². The van der Waals surface area contributed by atoms with Gasteiger partial charge in [0.2, 0.25) is 0 Å². The zero-order chi connectivity index (χ0) is 13.7. The number of benzene rings is 1. The van der Waals surface area contributed by atoms with Crippen molar-refractivity contribution in [3.8, 4) is 5.75 Å². The molecule has 19 heavy (non-hydrogen) atoms. The van der Waals surface area contributed by atoms with Crippen LogP contribution in [-0.4, -0.2) is 19.1 Å². The Morgan fingerprint density at radius 1 is 1.32 bits per heavy atom. The number of hydrazine groups is 1. The third-order valence-electron chi connectivity index (χ3n) is 2.89. The second-order valence-corrected chi connectivity index (χ2v) is 4.25. The topological polar surface area (TPSA) is 63.4 Å². The Kier molecular flexibility index (Phi) is 4.20. The van der Waals surface area contributed by atoms with E-state index in [4.69, 9.17) is 10.6 Å². The molecule has 0 saturated heterocycles. The zero-order valence-corrected chi connectivity index (χ0v) is 11.1. The van der Waals surface area contributed by atoms with Crippen LogP contribution in [0.1, 0.15) is 5.56 Å². The summed E-state index contributed by atoms with van der Waals surface area (Å²) in [6.45, 7) is 0.769. The molecular weight excluding hydrogens is 240 g/mol. The molecule has 0 aliphatic carbocycles. The third kappa shape index (κ3) is 3.35. The van der Waals surface area contributed by atoms with E-state index < -0.39 is 0 Å². The van der Waals surface area contributed by atoms with Crippen molar-refractivity contribution in [3.05, 3.63) is 48.2 Å². The second-order valence-electron chi connectivity index (χ2n) is 4.25. The Balaban J connectivity index is 2.08. The maximum absolute atomic E-state index is 5.29. The lowest BCUT2D eigenvalue weighted by Gasteiger charge is -2.19. The van der Waals surface area contributed by atoms with Crippen LogP contribution in [0.5, 0.6) is 5.75 Å². The number of hydrogen-bond donors (Lipinski definition) is 2. The summed E-state index contributed by atoms with van der Waals surface area (Å²) in [5.41, 5.74) is 4.73. The number of nitrogen functional groups attached to an aromatic ring is 1. The summed E-state index contributed by atoms with van der Waals surface area (Å²) in [6.07, 6.45) is 1.81. The lowest BCUT2D eigenvalue weighted by Crippen LogP contribution is -2.16. The molecule has 0 radical (unpaired) electrons. The van der Waals surface area contributed by atoms with Crippen molar-refractivity contribution in [1.82, 2.24) is 4.98 Å². The first-order valence-electron chi connectivity index (χ1n) is 5.99. The molecule has 2 aromatic rings. The van der Waals surface area contributed by atoms with Crippen LogP contribution in [0.15, 0.2) is 42.6 Å².